The average Bonchev–Trinajstić information content (AvgIpc) is 2.57. The van der Waals surface area contributed by atoms with Gasteiger partial charge in [0.05, 0.1) is 11.2 Å². The molecule has 3 aliphatic carbocycles. The largest absolute Gasteiger partial charge is 0.461 e. The summed E-state index contributed by atoms with van der Waals surface area (Å²) in [5.41, 5.74) is 3.46. The Labute approximate surface area is 141 Å². The highest BCUT2D eigenvalue weighted by Crippen LogP contribution is 2.78. The molecular weight excluding hydrogens is 283 g/mol. The van der Waals surface area contributed by atoms with Crippen molar-refractivity contribution in [3.05, 3.63) is 35.4 Å². The lowest BCUT2D eigenvalue weighted by Gasteiger charge is -2.74. The standard InChI is InChI=1S/C20H29BO2/c1-14-9-7-8-10-16(14)20-11-19(12-20,13-20)15(2)21-22-17(3,4)18(5,6)23-21/h7-10,15H,11-13H2,1-6H3. The molecule has 5 rings (SSSR count). The van der Waals surface area contributed by atoms with Gasteiger partial charge in [0.25, 0.3) is 0 Å². The zero-order valence-electron chi connectivity index (χ0n) is 15.4. The third kappa shape index (κ3) is 1.96. The first-order valence-corrected chi connectivity index (χ1v) is 9.03. The highest BCUT2D eigenvalue weighted by molar-refractivity contribution is 6.47. The Balaban J connectivity index is 1.48. The van der Waals surface area contributed by atoms with E-state index in [0.717, 1.165) is 0 Å². The van der Waals surface area contributed by atoms with E-state index in [1.54, 1.807) is 5.56 Å². The summed E-state index contributed by atoms with van der Waals surface area (Å²) < 4.78 is 12.6. The molecule has 0 radical (unpaired) electrons. The topological polar surface area (TPSA) is 18.5 Å². The van der Waals surface area contributed by atoms with Crippen LogP contribution in [0.5, 0.6) is 0 Å². The minimum atomic E-state index is -0.219. The molecule has 1 heterocycles. The van der Waals surface area contributed by atoms with Gasteiger partial charge in [-0.1, -0.05) is 31.2 Å². The van der Waals surface area contributed by atoms with Gasteiger partial charge in [0, 0.05) is 0 Å². The Hall–Kier alpha value is -0.795. The second kappa shape index (κ2) is 4.43. The van der Waals surface area contributed by atoms with Gasteiger partial charge in [-0.05, 0) is 81.7 Å². The first-order chi connectivity index (χ1) is 10.6. The SMILES string of the molecule is Cc1ccccc1C12CC(C(C)B3OC(C)(C)C(C)(C)O3)(C1)C2. The number of hydrogen-bond acceptors (Lipinski definition) is 2. The molecule has 124 valence electrons. The van der Waals surface area contributed by atoms with Crippen molar-refractivity contribution >= 4 is 7.12 Å². The summed E-state index contributed by atoms with van der Waals surface area (Å²) in [6.07, 6.45) is 3.91. The van der Waals surface area contributed by atoms with Crippen molar-refractivity contribution in [1.82, 2.24) is 0 Å². The molecule has 23 heavy (non-hydrogen) atoms. The summed E-state index contributed by atoms with van der Waals surface area (Å²) in [7, 11) is -0.0600. The molecule has 0 N–H and O–H groups in total. The van der Waals surface area contributed by atoms with Crippen molar-refractivity contribution in [3.8, 4) is 0 Å². The van der Waals surface area contributed by atoms with Gasteiger partial charge in [-0.15, -0.1) is 0 Å². The minimum Gasteiger partial charge on any atom is -0.403 e. The predicted octanol–water partition coefficient (Wildman–Crippen LogP) is 4.90. The van der Waals surface area contributed by atoms with Gasteiger partial charge < -0.3 is 9.31 Å². The van der Waals surface area contributed by atoms with Crippen LogP contribution in [-0.2, 0) is 14.7 Å². The van der Waals surface area contributed by atoms with Crippen LogP contribution in [0.1, 0.15) is 65.0 Å². The summed E-state index contributed by atoms with van der Waals surface area (Å²) in [5.74, 6) is 0.467. The van der Waals surface area contributed by atoms with Crippen LogP contribution in [0, 0.1) is 12.3 Å². The molecule has 1 saturated heterocycles. The molecule has 2 bridgehead atoms. The molecule has 1 aromatic rings. The van der Waals surface area contributed by atoms with Crippen LogP contribution in [0.4, 0.5) is 0 Å². The van der Waals surface area contributed by atoms with E-state index in [1.165, 1.54) is 24.8 Å². The van der Waals surface area contributed by atoms with E-state index in [0.29, 0.717) is 16.6 Å². The maximum atomic E-state index is 6.31. The maximum Gasteiger partial charge on any atom is 0.461 e. The lowest BCUT2D eigenvalue weighted by atomic mass is 9.27. The molecule has 2 nitrogen and oxygen atoms in total. The smallest absolute Gasteiger partial charge is 0.403 e. The third-order valence-corrected chi connectivity index (χ3v) is 7.43. The van der Waals surface area contributed by atoms with Crippen molar-refractivity contribution in [2.75, 3.05) is 0 Å². The third-order valence-electron chi connectivity index (χ3n) is 7.43. The molecule has 3 saturated carbocycles. The Morgan fingerprint density at radius 2 is 1.48 bits per heavy atom. The van der Waals surface area contributed by atoms with E-state index in [-0.39, 0.29) is 18.3 Å². The van der Waals surface area contributed by atoms with E-state index in [1.807, 2.05) is 0 Å². The van der Waals surface area contributed by atoms with Gasteiger partial charge in [-0.2, -0.15) is 0 Å². The second-order valence-electron chi connectivity index (χ2n) is 9.40. The highest BCUT2D eigenvalue weighted by atomic mass is 16.7. The van der Waals surface area contributed by atoms with E-state index in [4.69, 9.17) is 9.31 Å². The number of aryl methyl sites for hydroxylation is 1. The van der Waals surface area contributed by atoms with Gasteiger partial charge >= 0.3 is 7.12 Å². The maximum absolute atomic E-state index is 6.31. The minimum absolute atomic E-state index is 0.0600. The quantitative estimate of drug-likeness (QED) is 0.739. The number of benzene rings is 1. The monoisotopic (exact) mass is 312 g/mol. The second-order valence-corrected chi connectivity index (χ2v) is 9.40. The van der Waals surface area contributed by atoms with Crippen LogP contribution in [0.2, 0.25) is 5.82 Å². The molecule has 1 aromatic carbocycles. The Morgan fingerprint density at radius 1 is 0.957 bits per heavy atom. The van der Waals surface area contributed by atoms with Crippen molar-refractivity contribution < 1.29 is 9.31 Å². The molecule has 1 unspecified atom stereocenters. The lowest BCUT2D eigenvalue weighted by Crippen LogP contribution is -2.67. The molecule has 1 aliphatic heterocycles. The molecule has 0 spiro atoms. The first-order valence-electron chi connectivity index (χ1n) is 9.03. The summed E-state index contributed by atoms with van der Waals surface area (Å²) >= 11 is 0. The first kappa shape index (κ1) is 15.7. The Kier molecular flexibility index (Phi) is 3.03. The van der Waals surface area contributed by atoms with Crippen LogP contribution in [0.25, 0.3) is 0 Å². The molecule has 3 heteroatoms. The summed E-state index contributed by atoms with van der Waals surface area (Å²) in [6, 6.07) is 8.91. The lowest BCUT2D eigenvalue weighted by molar-refractivity contribution is -0.147. The van der Waals surface area contributed by atoms with Crippen LogP contribution in [0.15, 0.2) is 24.3 Å². The molecule has 0 amide bonds. The molecule has 0 aromatic heterocycles. The molecule has 1 atom stereocenters. The average molecular weight is 312 g/mol. The zero-order chi connectivity index (χ0) is 16.7. The Bertz CT molecular complexity index is 613. The number of rotatable bonds is 3. The van der Waals surface area contributed by atoms with Crippen molar-refractivity contribution in [2.45, 2.75) is 83.2 Å². The van der Waals surface area contributed by atoms with Crippen molar-refractivity contribution in [1.29, 1.82) is 0 Å². The zero-order valence-corrected chi connectivity index (χ0v) is 15.4. The van der Waals surface area contributed by atoms with Crippen molar-refractivity contribution in [3.63, 3.8) is 0 Å². The molecule has 4 fully saturated rings. The fourth-order valence-corrected chi connectivity index (χ4v) is 5.18. The van der Waals surface area contributed by atoms with Crippen LogP contribution in [-0.4, -0.2) is 18.3 Å². The highest BCUT2D eigenvalue weighted by Gasteiger charge is 2.73. The molecule has 4 aliphatic rings. The fraction of sp³-hybridized carbons (Fsp3) is 0.700. The van der Waals surface area contributed by atoms with Crippen LogP contribution >= 0.6 is 0 Å². The normalized spacial score (nSPS) is 37.9. The van der Waals surface area contributed by atoms with E-state index < -0.39 is 0 Å². The van der Waals surface area contributed by atoms with Crippen LogP contribution in [0.3, 0.4) is 0 Å². The summed E-state index contributed by atoms with van der Waals surface area (Å²) in [6.45, 7) is 13.2. The Morgan fingerprint density at radius 3 is 2.00 bits per heavy atom. The van der Waals surface area contributed by atoms with Gasteiger partial charge in [-0.25, -0.2) is 0 Å². The molecular formula is C20H29BO2. The number of hydrogen-bond donors (Lipinski definition) is 0. The van der Waals surface area contributed by atoms with Gasteiger partial charge in [-0.3, -0.25) is 0 Å². The van der Waals surface area contributed by atoms with E-state index >= 15 is 0 Å². The summed E-state index contributed by atoms with van der Waals surface area (Å²) in [4.78, 5) is 0. The van der Waals surface area contributed by atoms with Gasteiger partial charge in [0.1, 0.15) is 0 Å². The fourth-order valence-electron chi connectivity index (χ4n) is 5.18. The van der Waals surface area contributed by atoms with Crippen molar-refractivity contribution in [2.24, 2.45) is 5.41 Å². The van der Waals surface area contributed by atoms with E-state index in [2.05, 4.69) is 65.8 Å². The van der Waals surface area contributed by atoms with E-state index in [9.17, 15) is 0 Å². The van der Waals surface area contributed by atoms with Gasteiger partial charge in [0.15, 0.2) is 0 Å². The summed E-state index contributed by atoms with van der Waals surface area (Å²) in [5, 5.41) is 0. The van der Waals surface area contributed by atoms with Gasteiger partial charge in [0.2, 0.25) is 0 Å². The predicted molar refractivity (Wildman–Crippen MR) is 94.6 cm³/mol. The van der Waals surface area contributed by atoms with Crippen LogP contribution < -0.4 is 0 Å².